The molecule has 2 aromatic carbocycles. The minimum Gasteiger partial charge on any atom is -0.339 e. The first-order valence-electron chi connectivity index (χ1n) is 11.2. The van der Waals surface area contributed by atoms with Crippen LogP contribution >= 0.6 is 11.3 Å². The van der Waals surface area contributed by atoms with Crippen LogP contribution in [0.3, 0.4) is 0 Å². The Hall–Kier alpha value is -3.91. The summed E-state index contributed by atoms with van der Waals surface area (Å²) >= 11 is 1.44. The smallest absolute Gasteiger partial charge is 0.262 e. The second-order valence-corrected chi connectivity index (χ2v) is 9.41. The minimum absolute atomic E-state index is 0.162. The maximum atomic E-state index is 14.1. The normalized spacial score (nSPS) is 11.2. The fourth-order valence-corrected chi connectivity index (χ4v) is 5.29. The van der Waals surface area contributed by atoms with Crippen molar-refractivity contribution in [1.29, 1.82) is 0 Å². The summed E-state index contributed by atoms with van der Waals surface area (Å²) in [5.41, 5.74) is 3.57. The maximum absolute atomic E-state index is 14.1. The SMILES string of the molecule is Cc1nc(-c2sc(-c3c(C)nc(-c4cccc(F)c4)n(CCc4ccccc4)c3=O)cc2C)no1. The first kappa shape index (κ1) is 22.9. The molecule has 5 rings (SSSR count). The van der Waals surface area contributed by atoms with Gasteiger partial charge in [0, 0.05) is 23.9 Å². The third-order valence-corrected chi connectivity index (χ3v) is 7.05. The van der Waals surface area contributed by atoms with Crippen molar-refractivity contribution in [2.24, 2.45) is 0 Å². The Morgan fingerprint density at radius 1 is 1.00 bits per heavy atom. The molecule has 5 aromatic rings. The fourth-order valence-electron chi connectivity index (χ4n) is 4.10. The lowest BCUT2D eigenvalue weighted by Gasteiger charge is -2.16. The van der Waals surface area contributed by atoms with Gasteiger partial charge in [-0.15, -0.1) is 11.3 Å². The van der Waals surface area contributed by atoms with Crippen molar-refractivity contribution in [3.05, 3.63) is 99.5 Å². The van der Waals surface area contributed by atoms with E-state index in [1.807, 2.05) is 50.2 Å². The number of thiophene rings is 1. The molecule has 176 valence electrons. The molecule has 35 heavy (non-hydrogen) atoms. The van der Waals surface area contributed by atoms with Crippen molar-refractivity contribution in [3.63, 3.8) is 0 Å². The number of halogens is 1. The van der Waals surface area contributed by atoms with Crippen LogP contribution in [0.1, 0.15) is 22.7 Å². The quantitative estimate of drug-likeness (QED) is 0.294. The topological polar surface area (TPSA) is 73.8 Å². The minimum atomic E-state index is -0.373. The zero-order valence-electron chi connectivity index (χ0n) is 19.6. The molecule has 0 amide bonds. The number of benzene rings is 2. The van der Waals surface area contributed by atoms with Gasteiger partial charge < -0.3 is 4.52 Å². The van der Waals surface area contributed by atoms with E-state index in [-0.39, 0.29) is 11.4 Å². The van der Waals surface area contributed by atoms with Gasteiger partial charge in [0.2, 0.25) is 11.7 Å². The van der Waals surface area contributed by atoms with E-state index in [2.05, 4.69) is 10.1 Å². The number of aryl methyl sites for hydroxylation is 4. The Balaban J connectivity index is 1.65. The van der Waals surface area contributed by atoms with Crippen molar-refractivity contribution >= 4 is 11.3 Å². The molecule has 0 aliphatic rings. The molecule has 3 aromatic heterocycles. The van der Waals surface area contributed by atoms with Gasteiger partial charge in [-0.1, -0.05) is 47.6 Å². The third kappa shape index (κ3) is 4.57. The van der Waals surface area contributed by atoms with Gasteiger partial charge in [-0.2, -0.15) is 4.98 Å². The predicted molar refractivity (Wildman–Crippen MR) is 135 cm³/mol. The van der Waals surface area contributed by atoms with Crippen LogP contribution in [0.15, 0.2) is 70.0 Å². The molecule has 6 nitrogen and oxygen atoms in total. The van der Waals surface area contributed by atoms with Gasteiger partial charge in [-0.05, 0) is 49.6 Å². The molecule has 0 radical (unpaired) electrons. The van der Waals surface area contributed by atoms with E-state index in [9.17, 15) is 9.18 Å². The molecule has 0 bridgehead atoms. The van der Waals surface area contributed by atoms with Crippen molar-refractivity contribution in [2.45, 2.75) is 33.7 Å². The second kappa shape index (κ2) is 9.38. The van der Waals surface area contributed by atoms with Gasteiger partial charge in [-0.25, -0.2) is 9.37 Å². The van der Waals surface area contributed by atoms with Gasteiger partial charge in [0.05, 0.1) is 16.1 Å². The van der Waals surface area contributed by atoms with Gasteiger partial charge in [-0.3, -0.25) is 9.36 Å². The van der Waals surface area contributed by atoms with Gasteiger partial charge >= 0.3 is 0 Å². The first-order valence-corrected chi connectivity index (χ1v) is 12.0. The molecule has 8 heteroatoms. The van der Waals surface area contributed by atoms with Crippen LogP contribution in [-0.4, -0.2) is 19.7 Å². The number of nitrogens with zero attached hydrogens (tertiary/aromatic N) is 4. The van der Waals surface area contributed by atoms with Crippen LogP contribution in [-0.2, 0) is 13.0 Å². The zero-order chi connectivity index (χ0) is 24.5. The Morgan fingerprint density at radius 2 is 1.80 bits per heavy atom. The van der Waals surface area contributed by atoms with Crippen molar-refractivity contribution in [2.75, 3.05) is 0 Å². The highest BCUT2D eigenvalue weighted by molar-refractivity contribution is 7.19. The van der Waals surface area contributed by atoms with E-state index >= 15 is 0 Å². The van der Waals surface area contributed by atoms with Crippen LogP contribution < -0.4 is 5.56 Å². The Morgan fingerprint density at radius 3 is 2.51 bits per heavy atom. The van der Waals surface area contributed by atoms with E-state index in [0.29, 0.717) is 47.3 Å². The van der Waals surface area contributed by atoms with Crippen molar-refractivity contribution < 1.29 is 8.91 Å². The average Bonchev–Trinajstić information content (AvgIpc) is 3.44. The molecule has 0 saturated heterocycles. The number of hydrogen-bond acceptors (Lipinski definition) is 6. The Kier molecular flexibility index (Phi) is 6.13. The highest BCUT2D eigenvalue weighted by atomic mass is 32.1. The van der Waals surface area contributed by atoms with Crippen LogP contribution in [0.2, 0.25) is 0 Å². The largest absolute Gasteiger partial charge is 0.339 e. The predicted octanol–water partition coefficient (Wildman–Crippen LogP) is 6.00. The van der Waals surface area contributed by atoms with Crippen LogP contribution in [0.4, 0.5) is 4.39 Å². The monoisotopic (exact) mass is 486 g/mol. The number of rotatable bonds is 6. The summed E-state index contributed by atoms with van der Waals surface area (Å²) in [6.07, 6.45) is 0.643. The summed E-state index contributed by atoms with van der Waals surface area (Å²) < 4.78 is 20.8. The van der Waals surface area contributed by atoms with Gasteiger partial charge in [0.15, 0.2) is 0 Å². The third-order valence-electron chi connectivity index (χ3n) is 5.79. The molecule has 0 fully saturated rings. The standard InChI is InChI=1S/C27H23FN4O2S/c1-16-14-22(35-24(16)25-30-18(3)34-31-25)23-17(2)29-26(20-10-7-11-21(28)15-20)32(27(23)33)13-12-19-8-5-4-6-9-19/h4-11,14-15H,12-13H2,1-3H3. The molecule has 0 atom stereocenters. The maximum Gasteiger partial charge on any atom is 0.262 e. The molecule has 0 N–H and O–H groups in total. The highest BCUT2D eigenvalue weighted by Gasteiger charge is 2.21. The number of aromatic nitrogens is 4. The lowest BCUT2D eigenvalue weighted by Crippen LogP contribution is -2.27. The Labute approximate surface area is 205 Å². The van der Waals surface area contributed by atoms with E-state index in [1.54, 1.807) is 23.6 Å². The summed E-state index contributed by atoms with van der Waals surface area (Å²) in [7, 11) is 0. The van der Waals surface area contributed by atoms with Crippen LogP contribution in [0, 0.1) is 26.6 Å². The van der Waals surface area contributed by atoms with E-state index in [0.717, 1.165) is 20.9 Å². The fraction of sp³-hybridized carbons (Fsp3) is 0.185. The van der Waals surface area contributed by atoms with Crippen LogP contribution in [0.5, 0.6) is 0 Å². The zero-order valence-corrected chi connectivity index (χ0v) is 20.4. The first-order chi connectivity index (χ1) is 16.9. The van der Waals surface area contributed by atoms with Crippen molar-refractivity contribution in [3.8, 4) is 32.5 Å². The summed E-state index contributed by atoms with van der Waals surface area (Å²) in [6.45, 7) is 5.92. The van der Waals surface area contributed by atoms with Gasteiger partial charge in [0.25, 0.3) is 5.56 Å². The molecule has 0 saturated carbocycles. The summed E-state index contributed by atoms with van der Waals surface area (Å²) in [4.78, 5) is 24.7. The molecule has 3 heterocycles. The van der Waals surface area contributed by atoms with E-state index < -0.39 is 0 Å². The lowest BCUT2D eigenvalue weighted by atomic mass is 10.1. The molecular weight excluding hydrogens is 463 g/mol. The lowest BCUT2D eigenvalue weighted by molar-refractivity contribution is 0.394. The molecule has 0 spiro atoms. The summed E-state index contributed by atoms with van der Waals surface area (Å²) in [5, 5.41) is 4.03. The molecule has 0 aliphatic carbocycles. The second-order valence-electron chi connectivity index (χ2n) is 8.36. The molecule has 0 unspecified atom stereocenters. The van der Waals surface area contributed by atoms with E-state index in [4.69, 9.17) is 9.51 Å². The molecular formula is C27H23FN4O2S. The number of hydrogen-bond donors (Lipinski definition) is 0. The van der Waals surface area contributed by atoms with Crippen LogP contribution in [0.25, 0.3) is 32.5 Å². The van der Waals surface area contributed by atoms with Crippen molar-refractivity contribution in [1.82, 2.24) is 19.7 Å². The average molecular weight is 487 g/mol. The summed E-state index contributed by atoms with van der Waals surface area (Å²) in [6, 6.07) is 18.1. The highest BCUT2D eigenvalue weighted by Crippen LogP contribution is 2.36. The molecule has 0 aliphatic heterocycles. The Bertz CT molecular complexity index is 1570. The summed E-state index contributed by atoms with van der Waals surface area (Å²) in [5.74, 6) is 1.06. The van der Waals surface area contributed by atoms with Gasteiger partial charge in [0.1, 0.15) is 11.6 Å². The van der Waals surface area contributed by atoms with E-state index in [1.165, 1.54) is 23.5 Å².